The molecule has 0 aliphatic carbocycles. The molecule has 1 fully saturated rings. The molecule has 23 heavy (non-hydrogen) atoms. The van der Waals surface area contributed by atoms with E-state index in [-0.39, 0.29) is 18.2 Å². The van der Waals surface area contributed by atoms with E-state index < -0.39 is 11.9 Å². The van der Waals surface area contributed by atoms with E-state index in [1.54, 1.807) is 0 Å². The summed E-state index contributed by atoms with van der Waals surface area (Å²) in [4.78, 5) is 25.9. The van der Waals surface area contributed by atoms with Crippen molar-refractivity contribution in [1.82, 2.24) is 0 Å². The number of rotatable bonds is 4. The van der Waals surface area contributed by atoms with E-state index in [1.807, 2.05) is 31.2 Å². The number of hydrogen-bond donors (Lipinski definition) is 1. The number of imide groups is 1. The van der Waals surface area contributed by atoms with Gasteiger partial charge in [0.2, 0.25) is 5.91 Å². The van der Waals surface area contributed by atoms with Gasteiger partial charge in [-0.05, 0) is 42.3 Å². The monoisotopic (exact) mass is 312 g/mol. The zero-order chi connectivity index (χ0) is 16.4. The smallest absolute Gasteiger partial charge is 0.256 e. The van der Waals surface area contributed by atoms with E-state index in [0.717, 1.165) is 22.6 Å². The van der Waals surface area contributed by atoms with Gasteiger partial charge in [0.15, 0.2) is 0 Å². The molecule has 0 unspecified atom stereocenters. The number of amides is 2. The predicted octanol–water partition coefficient (Wildman–Crippen LogP) is 3.13. The van der Waals surface area contributed by atoms with Crippen molar-refractivity contribution in [1.29, 1.82) is 0 Å². The Morgan fingerprint density at radius 2 is 1.83 bits per heavy atom. The Bertz CT molecular complexity index is 743. The van der Waals surface area contributed by atoms with Crippen LogP contribution >= 0.6 is 0 Å². The minimum Gasteiger partial charge on any atom is -0.373 e. The topological polar surface area (TPSA) is 49.4 Å². The summed E-state index contributed by atoms with van der Waals surface area (Å²) in [5, 5.41) is 3.17. The van der Waals surface area contributed by atoms with Gasteiger partial charge >= 0.3 is 0 Å². The van der Waals surface area contributed by atoms with E-state index in [4.69, 9.17) is 0 Å². The normalized spacial score (nSPS) is 17.7. The van der Waals surface area contributed by atoms with Crippen molar-refractivity contribution in [2.24, 2.45) is 0 Å². The molecule has 1 N–H and O–H groups in total. The number of hydrogen-bond acceptors (Lipinski definition) is 3. The van der Waals surface area contributed by atoms with Gasteiger partial charge in [-0.25, -0.2) is 9.29 Å². The third-order valence-electron chi connectivity index (χ3n) is 3.96. The first-order chi connectivity index (χ1) is 11.1. The first kappa shape index (κ1) is 15.2. The summed E-state index contributed by atoms with van der Waals surface area (Å²) < 4.78 is 13.0. The number of carbonyl (C=O) groups is 2. The van der Waals surface area contributed by atoms with E-state index in [9.17, 15) is 14.0 Å². The predicted molar refractivity (Wildman–Crippen MR) is 86.7 cm³/mol. The minimum atomic E-state index is -0.597. The number of benzene rings is 2. The second-order valence-corrected chi connectivity index (χ2v) is 5.46. The molecule has 0 bridgehead atoms. The second-order valence-electron chi connectivity index (χ2n) is 5.46. The Labute approximate surface area is 133 Å². The van der Waals surface area contributed by atoms with Crippen LogP contribution in [0.2, 0.25) is 0 Å². The quantitative estimate of drug-likeness (QED) is 0.882. The number of carbonyl (C=O) groups excluding carboxylic acids is 2. The zero-order valence-corrected chi connectivity index (χ0v) is 12.8. The van der Waals surface area contributed by atoms with Crippen LogP contribution in [0.5, 0.6) is 0 Å². The molecule has 1 aliphatic heterocycles. The summed E-state index contributed by atoms with van der Waals surface area (Å²) in [6.07, 6.45) is 0.925. The lowest BCUT2D eigenvalue weighted by Gasteiger charge is -2.17. The molecule has 1 saturated heterocycles. The lowest BCUT2D eigenvalue weighted by atomic mass is 10.1. The van der Waals surface area contributed by atoms with E-state index >= 15 is 0 Å². The molecule has 1 heterocycles. The van der Waals surface area contributed by atoms with Crippen molar-refractivity contribution < 1.29 is 14.0 Å². The lowest BCUT2D eigenvalue weighted by molar-refractivity contribution is -0.121. The highest BCUT2D eigenvalue weighted by Gasteiger charge is 2.39. The fourth-order valence-electron chi connectivity index (χ4n) is 2.76. The van der Waals surface area contributed by atoms with Crippen molar-refractivity contribution in [3.05, 3.63) is 59.9 Å². The van der Waals surface area contributed by atoms with Gasteiger partial charge in [0.1, 0.15) is 11.9 Å². The van der Waals surface area contributed by atoms with Crippen LogP contribution in [0.25, 0.3) is 0 Å². The van der Waals surface area contributed by atoms with Crippen molar-refractivity contribution in [3.8, 4) is 0 Å². The van der Waals surface area contributed by atoms with Crippen molar-refractivity contribution in [2.75, 3.05) is 10.2 Å². The maximum atomic E-state index is 13.0. The number of nitrogens with one attached hydrogen (secondary N) is 1. The summed E-state index contributed by atoms with van der Waals surface area (Å²) in [5.41, 5.74) is 2.35. The van der Waals surface area contributed by atoms with Gasteiger partial charge < -0.3 is 5.32 Å². The van der Waals surface area contributed by atoms with E-state index in [1.165, 1.54) is 24.3 Å². The van der Waals surface area contributed by atoms with Gasteiger partial charge in [-0.1, -0.05) is 25.1 Å². The molecule has 1 atom stereocenters. The number of anilines is 2. The molecular formula is C18H17FN2O2. The van der Waals surface area contributed by atoms with Crippen LogP contribution < -0.4 is 10.2 Å². The Morgan fingerprint density at radius 3 is 2.52 bits per heavy atom. The summed E-state index contributed by atoms with van der Waals surface area (Å²) >= 11 is 0. The fourth-order valence-corrected chi connectivity index (χ4v) is 2.76. The summed E-state index contributed by atoms with van der Waals surface area (Å²) in [5.74, 6) is -1.00. The molecular weight excluding hydrogens is 295 g/mol. The highest BCUT2D eigenvalue weighted by molar-refractivity contribution is 6.23. The van der Waals surface area contributed by atoms with Crippen LogP contribution in [-0.2, 0) is 16.0 Å². The number of nitrogens with zero attached hydrogens (tertiary/aromatic N) is 1. The van der Waals surface area contributed by atoms with Gasteiger partial charge in [-0.3, -0.25) is 9.59 Å². The average molecular weight is 312 g/mol. The van der Waals surface area contributed by atoms with Gasteiger partial charge in [0.25, 0.3) is 5.91 Å². The molecule has 0 radical (unpaired) electrons. The fraction of sp³-hybridized carbons (Fsp3) is 0.222. The van der Waals surface area contributed by atoms with Crippen LogP contribution in [-0.4, -0.2) is 17.9 Å². The van der Waals surface area contributed by atoms with E-state index in [2.05, 4.69) is 5.32 Å². The van der Waals surface area contributed by atoms with Crippen LogP contribution in [0.15, 0.2) is 48.5 Å². The molecule has 0 saturated carbocycles. The highest BCUT2D eigenvalue weighted by Crippen LogP contribution is 2.26. The van der Waals surface area contributed by atoms with Crippen molar-refractivity contribution >= 4 is 23.2 Å². The third-order valence-corrected chi connectivity index (χ3v) is 3.96. The molecule has 1 aliphatic rings. The largest absolute Gasteiger partial charge is 0.373 e. The number of aryl methyl sites for hydroxylation is 1. The Balaban J connectivity index is 1.82. The number of halogens is 1. The maximum absolute atomic E-state index is 13.0. The standard InChI is InChI=1S/C18H17FN2O2/c1-2-12-5-3-4-6-15(12)20-16-11-17(22)21(18(16)23)14-9-7-13(19)8-10-14/h3-10,16,20H,2,11H2,1H3/t16-/m1/s1. The molecule has 0 spiro atoms. The average Bonchev–Trinajstić information content (AvgIpc) is 2.83. The van der Waals surface area contributed by atoms with E-state index in [0.29, 0.717) is 5.69 Å². The Hall–Kier alpha value is -2.69. The highest BCUT2D eigenvalue weighted by atomic mass is 19.1. The molecule has 4 nitrogen and oxygen atoms in total. The van der Waals surface area contributed by atoms with Crippen LogP contribution in [0.3, 0.4) is 0 Å². The maximum Gasteiger partial charge on any atom is 0.256 e. The van der Waals surface area contributed by atoms with Crippen LogP contribution in [0.4, 0.5) is 15.8 Å². The van der Waals surface area contributed by atoms with Crippen LogP contribution in [0.1, 0.15) is 18.9 Å². The SMILES string of the molecule is CCc1ccccc1N[C@@H]1CC(=O)N(c2ccc(F)cc2)C1=O. The first-order valence-corrected chi connectivity index (χ1v) is 7.57. The molecule has 5 heteroatoms. The lowest BCUT2D eigenvalue weighted by Crippen LogP contribution is -2.35. The van der Waals surface area contributed by atoms with Gasteiger partial charge in [0.05, 0.1) is 12.1 Å². The molecule has 2 aromatic rings. The molecule has 0 aromatic heterocycles. The zero-order valence-electron chi connectivity index (χ0n) is 12.8. The van der Waals surface area contributed by atoms with Crippen molar-refractivity contribution in [2.45, 2.75) is 25.8 Å². The molecule has 2 aromatic carbocycles. The molecule has 2 amide bonds. The molecule has 3 rings (SSSR count). The second kappa shape index (κ2) is 6.20. The summed E-state index contributed by atoms with van der Waals surface area (Å²) in [6, 6.07) is 12.5. The third kappa shape index (κ3) is 2.95. The van der Waals surface area contributed by atoms with Gasteiger partial charge in [-0.2, -0.15) is 0 Å². The first-order valence-electron chi connectivity index (χ1n) is 7.57. The minimum absolute atomic E-state index is 0.0915. The van der Waals surface area contributed by atoms with Crippen LogP contribution in [0, 0.1) is 5.82 Å². The Kier molecular flexibility index (Phi) is 4.10. The van der Waals surface area contributed by atoms with Crippen molar-refractivity contribution in [3.63, 3.8) is 0 Å². The number of para-hydroxylation sites is 1. The molecule has 118 valence electrons. The van der Waals surface area contributed by atoms with Gasteiger partial charge in [-0.15, -0.1) is 0 Å². The summed E-state index contributed by atoms with van der Waals surface area (Å²) in [6.45, 7) is 2.03. The van der Waals surface area contributed by atoms with Gasteiger partial charge in [0, 0.05) is 5.69 Å². The summed E-state index contributed by atoms with van der Waals surface area (Å²) in [7, 11) is 0. The Morgan fingerprint density at radius 1 is 1.13 bits per heavy atom.